The van der Waals surface area contributed by atoms with E-state index >= 15 is 0 Å². The van der Waals surface area contributed by atoms with Crippen LogP contribution >= 0.6 is 11.6 Å². The second-order valence-corrected chi connectivity index (χ2v) is 8.25. The highest BCUT2D eigenvalue weighted by Gasteiger charge is 2.30. The van der Waals surface area contributed by atoms with Crippen molar-refractivity contribution in [3.63, 3.8) is 0 Å². The fraction of sp³-hybridized carbons (Fsp3) is 0.217. The molecule has 1 aliphatic rings. The number of aromatic nitrogens is 4. The summed E-state index contributed by atoms with van der Waals surface area (Å²) in [5.41, 5.74) is 2.58. The van der Waals surface area contributed by atoms with Gasteiger partial charge in [-0.25, -0.2) is 18.6 Å². The average Bonchev–Trinajstić information content (AvgIpc) is 3.25. The monoisotopic (exact) mass is 468 g/mol. The van der Waals surface area contributed by atoms with E-state index in [1.165, 1.54) is 35.1 Å². The maximum Gasteiger partial charge on any atom is 0.346 e. The Hall–Kier alpha value is -3.43. The van der Waals surface area contributed by atoms with Crippen molar-refractivity contribution in [3.8, 4) is 0 Å². The minimum Gasteiger partial charge on any atom is -0.320 e. The van der Waals surface area contributed by atoms with Gasteiger partial charge in [-0.15, -0.1) is 5.10 Å². The number of amides is 1. The quantitative estimate of drug-likeness (QED) is 0.452. The topological polar surface area (TPSA) is 67.2 Å². The standard InChI is InChI=1S/C23H19ClF2N6O/c24-17-13-20-22(27-14-17)28-29-32(20)23(33)31-11-9-30(10-12-31)21(15-1-5-18(25)6-2-15)16-3-7-19(26)8-4-16/h1-8,13-14,21H,9-12H2. The van der Waals surface area contributed by atoms with E-state index in [4.69, 9.17) is 11.6 Å². The van der Waals surface area contributed by atoms with Crippen LogP contribution in [0.1, 0.15) is 17.2 Å². The molecule has 0 bridgehead atoms. The Labute approximate surface area is 193 Å². The van der Waals surface area contributed by atoms with Gasteiger partial charge in [-0.3, -0.25) is 4.90 Å². The summed E-state index contributed by atoms with van der Waals surface area (Å²) in [4.78, 5) is 21.1. The first kappa shape index (κ1) is 21.4. The van der Waals surface area contributed by atoms with Gasteiger partial charge in [0.1, 0.15) is 17.2 Å². The molecule has 2 aromatic heterocycles. The Morgan fingerprint density at radius 1 is 0.909 bits per heavy atom. The van der Waals surface area contributed by atoms with Gasteiger partial charge in [-0.05, 0) is 41.5 Å². The molecule has 2 aromatic carbocycles. The summed E-state index contributed by atoms with van der Waals surface area (Å²) in [6.45, 7) is 2.04. The van der Waals surface area contributed by atoms with E-state index < -0.39 is 0 Å². The molecule has 4 aromatic rings. The summed E-state index contributed by atoms with van der Waals surface area (Å²) in [6.07, 6.45) is 1.46. The number of nitrogens with zero attached hydrogens (tertiary/aromatic N) is 6. The first-order valence-corrected chi connectivity index (χ1v) is 10.8. The first-order chi connectivity index (χ1) is 16.0. The van der Waals surface area contributed by atoms with Gasteiger partial charge in [0.05, 0.1) is 11.1 Å². The molecule has 0 aliphatic carbocycles. The number of piperazine rings is 1. The average molecular weight is 469 g/mol. The molecule has 0 spiro atoms. The molecular weight excluding hydrogens is 450 g/mol. The van der Waals surface area contributed by atoms with E-state index in [9.17, 15) is 13.6 Å². The molecule has 1 aliphatic heterocycles. The third kappa shape index (κ3) is 4.29. The van der Waals surface area contributed by atoms with Gasteiger partial charge in [-0.2, -0.15) is 4.68 Å². The third-order valence-electron chi connectivity index (χ3n) is 5.77. The normalized spacial score (nSPS) is 14.8. The molecule has 0 atom stereocenters. The van der Waals surface area contributed by atoms with Crippen molar-refractivity contribution in [3.05, 3.63) is 88.6 Å². The first-order valence-electron chi connectivity index (χ1n) is 10.4. The fourth-order valence-corrected chi connectivity index (χ4v) is 4.29. The Kier molecular flexibility index (Phi) is 5.74. The maximum atomic E-state index is 13.5. The largest absolute Gasteiger partial charge is 0.346 e. The van der Waals surface area contributed by atoms with E-state index in [1.54, 1.807) is 35.2 Å². The van der Waals surface area contributed by atoms with Crippen molar-refractivity contribution < 1.29 is 13.6 Å². The molecule has 1 saturated heterocycles. The zero-order chi connectivity index (χ0) is 22.9. The van der Waals surface area contributed by atoms with Crippen LogP contribution in [-0.2, 0) is 0 Å². The van der Waals surface area contributed by atoms with Crippen molar-refractivity contribution in [1.29, 1.82) is 0 Å². The summed E-state index contributed by atoms with van der Waals surface area (Å²) in [5, 5.41) is 8.28. The summed E-state index contributed by atoms with van der Waals surface area (Å²) < 4.78 is 28.3. The summed E-state index contributed by atoms with van der Waals surface area (Å²) in [5.74, 6) is -0.636. The van der Waals surface area contributed by atoms with Crippen LogP contribution in [0.4, 0.5) is 13.6 Å². The van der Waals surface area contributed by atoms with Crippen molar-refractivity contribution in [2.75, 3.05) is 26.2 Å². The molecule has 0 radical (unpaired) electrons. The van der Waals surface area contributed by atoms with Gasteiger partial charge in [0.2, 0.25) is 5.65 Å². The molecule has 33 heavy (non-hydrogen) atoms. The zero-order valence-electron chi connectivity index (χ0n) is 17.4. The lowest BCUT2D eigenvalue weighted by molar-refractivity contribution is 0.120. The minimum absolute atomic E-state index is 0.196. The predicted octanol–water partition coefficient (Wildman–Crippen LogP) is 4.13. The van der Waals surface area contributed by atoms with Crippen LogP contribution in [0.5, 0.6) is 0 Å². The number of pyridine rings is 1. The van der Waals surface area contributed by atoms with Crippen LogP contribution in [-0.4, -0.2) is 62.0 Å². The van der Waals surface area contributed by atoms with Crippen LogP contribution < -0.4 is 0 Å². The molecule has 7 nitrogen and oxygen atoms in total. The van der Waals surface area contributed by atoms with Crippen LogP contribution in [0.3, 0.4) is 0 Å². The summed E-state index contributed by atoms with van der Waals surface area (Å²) in [6, 6.07) is 13.7. The molecule has 1 amide bonds. The molecule has 168 valence electrons. The van der Waals surface area contributed by atoms with Crippen molar-refractivity contribution in [1.82, 2.24) is 29.8 Å². The van der Waals surface area contributed by atoms with E-state index in [0.29, 0.717) is 42.4 Å². The van der Waals surface area contributed by atoms with E-state index in [0.717, 1.165) is 11.1 Å². The van der Waals surface area contributed by atoms with Crippen LogP contribution in [0.25, 0.3) is 11.2 Å². The molecule has 0 unspecified atom stereocenters. The lowest BCUT2D eigenvalue weighted by Crippen LogP contribution is -2.51. The highest BCUT2D eigenvalue weighted by Crippen LogP contribution is 2.30. The third-order valence-corrected chi connectivity index (χ3v) is 5.98. The Bertz CT molecular complexity index is 1240. The molecule has 1 fully saturated rings. The lowest BCUT2D eigenvalue weighted by atomic mass is 9.96. The Morgan fingerprint density at radius 2 is 1.48 bits per heavy atom. The number of carbonyl (C=O) groups excluding carboxylic acids is 1. The van der Waals surface area contributed by atoms with Gasteiger partial charge >= 0.3 is 6.03 Å². The highest BCUT2D eigenvalue weighted by atomic mass is 35.5. The number of hydrogen-bond donors (Lipinski definition) is 0. The fourth-order valence-electron chi connectivity index (χ4n) is 4.14. The number of benzene rings is 2. The molecule has 0 N–H and O–H groups in total. The number of rotatable bonds is 3. The predicted molar refractivity (Wildman–Crippen MR) is 119 cm³/mol. The van der Waals surface area contributed by atoms with E-state index in [2.05, 4.69) is 20.2 Å². The Balaban J connectivity index is 1.37. The maximum absolute atomic E-state index is 13.5. The number of hydrogen-bond acceptors (Lipinski definition) is 5. The van der Waals surface area contributed by atoms with E-state index in [1.807, 2.05) is 0 Å². The van der Waals surface area contributed by atoms with Crippen LogP contribution in [0.15, 0.2) is 60.8 Å². The minimum atomic E-state index is -0.318. The zero-order valence-corrected chi connectivity index (χ0v) is 18.2. The SMILES string of the molecule is O=C(N1CCN(C(c2ccc(F)cc2)c2ccc(F)cc2)CC1)n1nnc2ncc(Cl)cc21. The van der Waals surface area contributed by atoms with Gasteiger partial charge in [0.15, 0.2) is 0 Å². The van der Waals surface area contributed by atoms with Gasteiger partial charge in [0.25, 0.3) is 0 Å². The number of fused-ring (bicyclic) bond motifs is 1. The van der Waals surface area contributed by atoms with Crippen LogP contribution in [0, 0.1) is 11.6 Å². The van der Waals surface area contributed by atoms with Gasteiger partial charge < -0.3 is 4.90 Å². The molecule has 0 saturated carbocycles. The van der Waals surface area contributed by atoms with Crippen molar-refractivity contribution in [2.45, 2.75) is 6.04 Å². The Morgan fingerprint density at radius 3 is 2.06 bits per heavy atom. The van der Waals surface area contributed by atoms with E-state index in [-0.39, 0.29) is 23.7 Å². The lowest BCUT2D eigenvalue weighted by Gasteiger charge is -2.39. The smallest absolute Gasteiger partial charge is 0.320 e. The van der Waals surface area contributed by atoms with Crippen LogP contribution in [0.2, 0.25) is 5.02 Å². The highest BCUT2D eigenvalue weighted by molar-refractivity contribution is 6.31. The second kappa shape index (κ2) is 8.84. The molecule has 10 heteroatoms. The molecule has 3 heterocycles. The number of carbonyl (C=O) groups is 1. The van der Waals surface area contributed by atoms with Crippen molar-refractivity contribution in [2.24, 2.45) is 0 Å². The summed E-state index contributed by atoms with van der Waals surface area (Å²) >= 11 is 6.02. The molecule has 5 rings (SSSR count). The summed E-state index contributed by atoms with van der Waals surface area (Å²) in [7, 11) is 0. The number of halogens is 3. The van der Waals surface area contributed by atoms with Gasteiger partial charge in [0, 0.05) is 32.4 Å². The van der Waals surface area contributed by atoms with Crippen molar-refractivity contribution >= 4 is 28.8 Å². The van der Waals surface area contributed by atoms with Gasteiger partial charge in [-0.1, -0.05) is 41.1 Å². The molecular formula is C23H19ClF2N6O. The second-order valence-electron chi connectivity index (χ2n) is 7.81.